The normalized spacial score (nSPS) is 106. The van der Waals surface area contributed by atoms with Gasteiger partial charge in [0.1, 0.15) is 0 Å². The maximum Gasteiger partial charge on any atom is -0.0224 e. The average Bonchev–Trinajstić information content (AvgIpc) is 3.15. The van der Waals surface area contributed by atoms with E-state index in [9.17, 15) is 0 Å². The Hall–Kier alpha value is 0. The molecular weight excluding hydrogens is 264 g/mol. The Labute approximate surface area is 131 Å². The van der Waals surface area contributed by atoms with Crippen LogP contribution in [0.15, 0.2) is 0 Å². The largest absolute Gasteiger partial charge is 0.0588 e. The Balaban J connectivity index is 1.49. The Kier molecular flexibility index (Phi) is 0.830. The average molecular weight is 288 g/mol. The van der Waals surface area contributed by atoms with Crippen molar-refractivity contribution in [3.63, 3.8) is 0 Å². The summed E-state index contributed by atoms with van der Waals surface area (Å²) >= 11 is 0. The molecule has 0 aromatic rings. The fourth-order valence-electron chi connectivity index (χ4n) is 16.7. The Bertz CT molecular complexity index is 676. The summed E-state index contributed by atoms with van der Waals surface area (Å²) in [5.74, 6) is 23.0. The second-order valence-corrected chi connectivity index (χ2v) is 12.8. The topological polar surface area (TPSA) is 0 Å². The molecule has 0 radical (unpaired) electrons. The molecule has 0 heteroatoms. The van der Waals surface area contributed by atoms with E-state index in [0.29, 0.717) is 0 Å². The van der Waals surface area contributed by atoms with Crippen molar-refractivity contribution < 1.29 is 0 Å². The molecule has 0 heterocycles. The Morgan fingerprint density at radius 2 is 0.545 bits per heavy atom. The highest BCUT2D eigenvalue weighted by Gasteiger charge is 3.02. The molecule has 0 aromatic carbocycles. The van der Waals surface area contributed by atoms with Crippen molar-refractivity contribution in [1.29, 1.82) is 0 Å². The zero-order valence-electron chi connectivity index (χ0n) is 13.4. The van der Waals surface area contributed by atoms with Gasteiger partial charge in [0, 0.05) is 0 Å². The number of hydrogen-bond donors (Lipinski definition) is 0. The molecule has 0 spiro atoms. The van der Waals surface area contributed by atoms with Crippen LogP contribution in [-0.4, -0.2) is 0 Å². The second-order valence-electron chi connectivity index (χ2n) is 12.8. The molecular formula is C22H24. The van der Waals surface area contributed by atoms with Crippen molar-refractivity contribution in [2.24, 2.45) is 117 Å². The lowest BCUT2D eigenvalue weighted by atomic mass is 9.64. The van der Waals surface area contributed by atoms with Crippen LogP contribution in [0.2, 0.25) is 0 Å². The van der Waals surface area contributed by atoms with Crippen molar-refractivity contribution in [3.05, 3.63) is 0 Å². The van der Waals surface area contributed by atoms with Crippen molar-refractivity contribution >= 4 is 0 Å². The van der Waals surface area contributed by atoms with Gasteiger partial charge in [-0.1, -0.05) is 13.8 Å². The highest BCUT2D eigenvalue weighted by molar-refractivity contribution is 5.49. The summed E-state index contributed by atoms with van der Waals surface area (Å²) in [7, 11) is 0. The van der Waals surface area contributed by atoms with E-state index >= 15 is 0 Å². The lowest BCUT2D eigenvalue weighted by Gasteiger charge is -2.40. The van der Waals surface area contributed by atoms with Crippen LogP contribution >= 0.6 is 0 Å². The number of hydrogen-bond acceptors (Lipinski definition) is 0. The van der Waals surface area contributed by atoms with E-state index in [1.807, 2.05) is 0 Å². The van der Waals surface area contributed by atoms with Gasteiger partial charge in [-0.15, -0.1) is 0 Å². The molecule has 12 aliphatic rings. The molecule has 12 rings (SSSR count). The van der Waals surface area contributed by atoms with E-state index in [1.54, 1.807) is 0 Å². The van der Waals surface area contributed by atoms with E-state index in [4.69, 9.17) is 0 Å². The maximum absolute atomic E-state index is 2.89. The van der Waals surface area contributed by atoms with E-state index in [2.05, 4.69) is 13.8 Å². The van der Waals surface area contributed by atoms with Gasteiger partial charge in [0.25, 0.3) is 0 Å². The van der Waals surface area contributed by atoms with E-state index in [0.717, 1.165) is 10.8 Å². The van der Waals surface area contributed by atoms with E-state index in [1.165, 1.54) is 107 Å². The molecule has 0 N–H and O–H groups in total. The van der Waals surface area contributed by atoms with Crippen LogP contribution in [0.5, 0.6) is 0 Å². The third-order valence-corrected chi connectivity index (χ3v) is 14.6. The van der Waals surface area contributed by atoms with Crippen LogP contribution in [-0.2, 0) is 0 Å². The fraction of sp³-hybridized carbons (Fsp3) is 1.00. The van der Waals surface area contributed by atoms with Crippen LogP contribution in [0.1, 0.15) is 13.8 Å². The SMILES string of the molecule is CC12C3C4C5C6C3C3C7C6C6C5C5C4C1C1C(C32)C7C6(C)C51. The first-order valence-corrected chi connectivity index (χ1v) is 10.7. The predicted octanol–water partition coefficient (Wildman–Crippen LogP) is 3.24. The molecule has 12 unspecified atom stereocenters. The van der Waals surface area contributed by atoms with Crippen LogP contribution in [0.3, 0.4) is 0 Å². The summed E-state index contributed by atoms with van der Waals surface area (Å²) in [6, 6.07) is 0. The second kappa shape index (κ2) is 1.93. The highest BCUT2D eigenvalue weighted by Crippen LogP contribution is 3.06. The minimum atomic E-state index is 0.883. The first-order chi connectivity index (χ1) is 10.7. The molecule has 12 aliphatic carbocycles. The van der Waals surface area contributed by atoms with Crippen molar-refractivity contribution in [2.75, 3.05) is 0 Å². The third kappa shape index (κ3) is 0.414. The monoisotopic (exact) mass is 288 g/mol. The zero-order valence-corrected chi connectivity index (χ0v) is 13.4. The van der Waals surface area contributed by atoms with Crippen LogP contribution in [0.4, 0.5) is 0 Å². The minimum Gasteiger partial charge on any atom is -0.0588 e. The smallest absolute Gasteiger partial charge is 0.0224 e. The highest BCUT2D eigenvalue weighted by atomic mass is 15.1. The van der Waals surface area contributed by atoms with Gasteiger partial charge < -0.3 is 0 Å². The maximum atomic E-state index is 2.89. The van der Waals surface area contributed by atoms with Gasteiger partial charge >= 0.3 is 0 Å². The van der Waals surface area contributed by atoms with Crippen LogP contribution < -0.4 is 0 Å². The van der Waals surface area contributed by atoms with Gasteiger partial charge in [-0.3, -0.25) is 0 Å². The third-order valence-electron chi connectivity index (χ3n) is 14.6. The molecule has 0 saturated heterocycles. The fourth-order valence-corrected chi connectivity index (χ4v) is 16.7. The van der Waals surface area contributed by atoms with Gasteiger partial charge in [0.2, 0.25) is 0 Å². The van der Waals surface area contributed by atoms with Gasteiger partial charge in [-0.05, 0) is 117 Å². The molecule has 0 nitrogen and oxygen atoms in total. The van der Waals surface area contributed by atoms with Crippen molar-refractivity contribution in [1.82, 2.24) is 0 Å². The summed E-state index contributed by atoms with van der Waals surface area (Å²) in [6.07, 6.45) is 0. The molecule has 0 aliphatic heterocycles. The summed E-state index contributed by atoms with van der Waals surface area (Å²) in [5.41, 5.74) is 1.77. The molecule has 112 valence electrons. The molecule has 22 heavy (non-hydrogen) atoms. The summed E-state index contributed by atoms with van der Waals surface area (Å²) in [6.45, 7) is 5.78. The molecule has 12 saturated carbocycles. The Morgan fingerprint density at radius 1 is 0.318 bits per heavy atom. The Morgan fingerprint density at radius 3 is 0.864 bits per heavy atom. The first kappa shape index (κ1) is 9.47. The summed E-state index contributed by atoms with van der Waals surface area (Å²) < 4.78 is 0. The van der Waals surface area contributed by atoms with Crippen molar-refractivity contribution in [3.8, 4) is 0 Å². The zero-order chi connectivity index (χ0) is 13.4. The molecule has 0 amide bonds. The predicted molar refractivity (Wildman–Crippen MR) is 79.0 cm³/mol. The van der Waals surface area contributed by atoms with E-state index in [-0.39, 0.29) is 0 Å². The number of rotatable bonds is 0. The van der Waals surface area contributed by atoms with E-state index < -0.39 is 0 Å². The van der Waals surface area contributed by atoms with Gasteiger partial charge in [0.05, 0.1) is 0 Å². The van der Waals surface area contributed by atoms with Crippen LogP contribution in [0, 0.1) is 117 Å². The lowest BCUT2D eigenvalue weighted by molar-refractivity contribution is 0.0701. The summed E-state index contributed by atoms with van der Waals surface area (Å²) in [4.78, 5) is 0. The molecule has 0 bridgehead atoms. The van der Waals surface area contributed by atoms with Crippen LogP contribution in [0.25, 0.3) is 0 Å². The lowest BCUT2D eigenvalue weighted by Crippen LogP contribution is -2.36. The molecule has 0 aromatic heterocycles. The van der Waals surface area contributed by atoms with Gasteiger partial charge in [-0.2, -0.15) is 0 Å². The summed E-state index contributed by atoms with van der Waals surface area (Å²) in [5, 5.41) is 0. The van der Waals surface area contributed by atoms with Gasteiger partial charge in [-0.25, -0.2) is 0 Å². The quantitative estimate of drug-likeness (QED) is 0.642. The minimum absolute atomic E-state index is 0.883. The molecule has 12 fully saturated rings. The standard InChI is InChI=1S/C22H24/c1-21-15-5-3-4-6(15)10-12-8(4)16-7(3)11-9(5)17(21)13-14(18(10)21)20(12)22(16,2)19(11)13/h3-20H,1-2H3. The molecule has 12 atom stereocenters. The first-order valence-electron chi connectivity index (χ1n) is 10.7. The van der Waals surface area contributed by atoms with Gasteiger partial charge in [0.15, 0.2) is 0 Å². The van der Waals surface area contributed by atoms with Crippen molar-refractivity contribution in [2.45, 2.75) is 13.8 Å².